The van der Waals surface area contributed by atoms with Crippen molar-refractivity contribution in [2.45, 2.75) is 25.2 Å². The zero-order valence-corrected chi connectivity index (χ0v) is 12.9. The van der Waals surface area contributed by atoms with Crippen LogP contribution in [0.5, 0.6) is 5.75 Å². The zero-order chi connectivity index (χ0) is 13.9. The molecular weight excluding hydrogens is 371 g/mol. The van der Waals surface area contributed by atoms with E-state index in [4.69, 9.17) is 9.29 Å². The van der Waals surface area contributed by atoms with Gasteiger partial charge in [0.1, 0.15) is 10.6 Å². The minimum atomic E-state index is -4.31. The predicted molar refractivity (Wildman–Crippen MR) is 74.9 cm³/mol. The van der Waals surface area contributed by atoms with Gasteiger partial charge in [-0.3, -0.25) is 9.35 Å². The Balaban J connectivity index is 3.18. The zero-order valence-electron chi connectivity index (χ0n) is 9.94. The number of benzene rings is 1. The lowest BCUT2D eigenvalue weighted by molar-refractivity contribution is -0.133. The van der Waals surface area contributed by atoms with Crippen LogP contribution in [-0.2, 0) is 14.9 Å². The molecule has 1 aromatic rings. The Kier molecular flexibility index (Phi) is 5.11. The van der Waals surface area contributed by atoms with E-state index < -0.39 is 16.1 Å². The Morgan fingerprint density at radius 2 is 1.94 bits per heavy atom. The molecule has 0 unspecified atom stereocenters. The molecule has 0 aliphatic heterocycles. The fourth-order valence-corrected chi connectivity index (χ4v) is 2.61. The van der Waals surface area contributed by atoms with E-state index in [-0.39, 0.29) is 17.1 Å². The smallest absolute Gasteiger partial charge is 0.311 e. The summed E-state index contributed by atoms with van der Waals surface area (Å²) in [5, 5.41) is 0. The Morgan fingerprint density at radius 1 is 1.33 bits per heavy atom. The molecule has 7 heteroatoms. The first-order chi connectivity index (χ1) is 8.25. The molecule has 0 saturated carbocycles. The Labute approximate surface area is 119 Å². The molecule has 0 heterocycles. The molecule has 1 rings (SSSR count). The molecule has 0 amide bonds. The molecule has 0 aliphatic rings. The van der Waals surface area contributed by atoms with Crippen molar-refractivity contribution in [3.8, 4) is 5.75 Å². The molecule has 100 valence electrons. The van der Waals surface area contributed by atoms with Gasteiger partial charge < -0.3 is 4.74 Å². The number of alkyl halides is 1. The van der Waals surface area contributed by atoms with Crippen LogP contribution in [0.3, 0.4) is 0 Å². The third kappa shape index (κ3) is 3.92. The third-order valence-corrected chi connectivity index (χ3v) is 3.81. The maximum Gasteiger partial charge on any atom is 0.311 e. The van der Waals surface area contributed by atoms with Crippen molar-refractivity contribution >= 4 is 38.7 Å². The number of halogens is 1. The van der Waals surface area contributed by atoms with E-state index in [1.807, 2.05) is 22.6 Å². The fraction of sp³-hybridized carbons (Fsp3) is 0.364. The van der Waals surface area contributed by atoms with E-state index >= 15 is 0 Å². The molecular formula is C11H13IO5S. The van der Waals surface area contributed by atoms with Crippen LogP contribution in [0.1, 0.15) is 17.5 Å². The summed E-state index contributed by atoms with van der Waals surface area (Å²) in [5.74, 6) is -0.277. The van der Waals surface area contributed by atoms with Crippen molar-refractivity contribution in [1.82, 2.24) is 0 Å². The van der Waals surface area contributed by atoms with Crippen LogP contribution in [-0.4, -0.2) is 23.4 Å². The summed E-state index contributed by atoms with van der Waals surface area (Å²) in [7, 11) is -4.31. The third-order valence-electron chi connectivity index (χ3n) is 2.27. The van der Waals surface area contributed by atoms with Crippen molar-refractivity contribution in [2.75, 3.05) is 4.43 Å². The fourth-order valence-electron chi connectivity index (χ4n) is 1.45. The summed E-state index contributed by atoms with van der Waals surface area (Å²) in [4.78, 5) is 11.1. The first-order valence-electron chi connectivity index (χ1n) is 5.11. The summed E-state index contributed by atoms with van der Waals surface area (Å²) >= 11 is 2.04. The van der Waals surface area contributed by atoms with Crippen molar-refractivity contribution in [3.63, 3.8) is 0 Å². The lowest BCUT2D eigenvalue weighted by Crippen LogP contribution is -2.10. The Hall–Kier alpha value is -0.670. The minimum Gasteiger partial charge on any atom is -0.426 e. The Bertz CT molecular complexity index is 565. The van der Waals surface area contributed by atoms with Crippen molar-refractivity contribution < 1.29 is 22.5 Å². The van der Waals surface area contributed by atoms with Gasteiger partial charge in [-0.05, 0) is 25.0 Å². The first-order valence-corrected chi connectivity index (χ1v) is 8.07. The highest BCUT2D eigenvalue weighted by atomic mass is 127. The van der Waals surface area contributed by atoms with E-state index in [0.717, 1.165) is 0 Å². The molecule has 0 saturated heterocycles. The normalized spacial score (nSPS) is 11.3. The second kappa shape index (κ2) is 5.98. The van der Waals surface area contributed by atoms with Crippen LogP contribution in [0.2, 0.25) is 0 Å². The highest BCUT2D eigenvalue weighted by molar-refractivity contribution is 14.1. The maximum atomic E-state index is 11.4. The van der Waals surface area contributed by atoms with Gasteiger partial charge in [0, 0.05) is 10.5 Å². The molecule has 0 atom stereocenters. The predicted octanol–water partition coefficient (Wildman–Crippen LogP) is 2.28. The highest BCUT2D eigenvalue weighted by Gasteiger charge is 2.17. The molecule has 1 aromatic carbocycles. The van der Waals surface area contributed by atoms with Crippen LogP contribution in [0.15, 0.2) is 17.0 Å². The minimum absolute atomic E-state index is 0.156. The highest BCUT2D eigenvalue weighted by Crippen LogP contribution is 2.26. The number of hydrogen-bond acceptors (Lipinski definition) is 4. The molecule has 0 spiro atoms. The number of carbonyl (C=O) groups is 1. The lowest BCUT2D eigenvalue weighted by Gasteiger charge is -2.10. The second-order valence-corrected chi connectivity index (χ2v) is 6.24. The molecule has 18 heavy (non-hydrogen) atoms. The molecule has 5 nitrogen and oxygen atoms in total. The van der Waals surface area contributed by atoms with E-state index in [0.29, 0.717) is 15.6 Å². The van der Waals surface area contributed by atoms with Crippen LogP contribution in [0, 0.1) is 13.8 Å². The van der Waals surface area contributed by atoms with Crippen LogP contribution >= 0.6 is 22.6 Å². The molecule has 0 radical (unpaired) electrons. The van der Waals surface area contributed by atoms with E-state index in [1.165, 1.54) is 6.07 Å². The number of rotatable bonds is 4. The van der Waals surface area contributed by atoms with Gasteiger partial charge in [-0.1, -0.05) is 28.7 Å². The van der Waals surface area contributed by atoms with Gasteiger partial charge in [-0.25, -0.2) is 0 Å². The number of esters is 1. The van der Waals surface area contributed by atoms with Crippen LogP contribution in [0.4, 0.5) is 0 Å². The van der Waals surface area contributed by atoms with Gasteiger partial charge in [-0.15, -0.1) is 0 Å². The Morgan fingerprint density at radius 3 is 2.44 bits per heavy atom. The molecule has 0 bridgehead atoms. The molecule has 1 N–H and O–H groups in total. The van der Waals surface area contributed by atoms with Crippen LogP contribution in [0.25, 0.3) is 0 Å². The van der Waals surface area contributed by atoms with E-state index in [9.17, 15) is 13.2 Å². The van der Waals surface area contributed by atoms with E-state index in [1.54, 1.807) is 19.9 Å². The SMILES string of the molecule is Cc1cc(C)c(S(=O)(=O)O)cc1OC(=O)CCI. The lowest BCUT2D eigenvalue weighted by atomic mass is 10.1. The van der Waals surface area contributed by atoms with Crippen molar-refractivity contribution in [1.29, 1.82) is 0 Å². The second-order valence-electron chi connectivity index (χ2n) is 3.77. The number of ether oxygens (including phenoxy) is 1. The van der Waals surface area contributed by atoms with Gasteiger partial charge in [-0.2, -0.15) is 8.42 Å². The quantitative estimate of drug-likeness (QED) is 0.283. The molecule has 0 fully saturated rings. The monoisotopic (exact) mass is 384 g/mol. The topological polar surface area (TPSA) is 80.7 Å². The van der Waals surface area contributed by atoms with Gasteiger partial charge in [0.2, 0.25) is 0 Å². The first kappa shape index (κ1) is 15.4. The van der Waals surface area contributed by atoms with Gasteiger partial charge in [0.25, 0.3) is 10.1 Å². The summed E-state index contributed by atoms with van der Waals surface area (Å²) in [6.07, 6.45) is 0.245. The molecule has 0 aliphatic carbocycles. The van der Waals surface area contributed by atoms with Gasteiger partial charge in [0.15, 0.2) is 0 Å². The largest absolute Gasteiger partial charge is 0.426 e. The summed E-state index contributed by atoms with van der Waals surface area (Å²) < 4.78 is 37.0. The summed E-state index contributed by atoms with van der Waals surface area (Å²) in [6.45, 7) is 3.26. The van der Waals surface area contributed by atoms with Crippen molar-refractivity contribution in [3.05, 3.63) is 23.3 Å². The number of hydrogen-bond donors (Lipinski definition) is 1. The summed E-state index contributed by atoms with van der Waals surface area (Å²) in [6, 6.07) is 2.72. The van der Waals surface area contributed by atoms with Crippen LogP contribution < -0.4 is 4.74 Å². The molecule has 0 aromatic heterocycles. The van der Waals surface area contributed by atoms with E-state index in [2.05, 4.69) is 0 Å². The van der Waals surface area contributed by atoms with Crippen molar-refractivity contribution in [2.24, 2.45) is 0 Å². The average Bonchev–Trinajstić information content (AvgIpc) is 2.20. The van der Waals surface area contributed by atoms with Gasteiger partial charge >= 0.3 is 5.97 Å². The van der Waals surface area contributed by atoms with Gasteiger partial charge in [0.05, 0.1) is 6.42 Å². The standard InChI is InChI=1S/C11H13IO5S/c1-7-5-8(2)10(18(14,15)16)6-9(7)17-11(13)3-4-12/h5-6H,3-4H2,1-2H3,(H,14,15,16). The average molecular weight is 384 g/mol. The number of aryl methyl sites for hydroxylation is 2. The summed E-state index contributed by atoms with van der Waals surface area (Å²) in [5.41, 5.74) is 1.05. The number of carbonyl (C=O) groups excluding carboxylic acids is 1. The maximum absolute atomic E-state index is 11.4.